The number of aliphatic hydroxyl groups is 1. The van der Waals surface area contributed by atoms with Crippen molar-refractivity contribution in [2.45, 2.75) is 13.2 Å². The molecule has 1 aromatic rings. The monoisotopic (exact) mass is 314 g/mol. The van der Waals surface area contributed by atoms with E-state index in [-0.39, 0.29) is 23.4 Å². The number of carbonyl (C=O) groups is 3. The number of rotatable bonds is 5. The molecule has 0 aliphatic heterocycles. The predicted octanol–water partition coefficient (Wildman–Crippen LogP) is -0.148. The summed E-state index contributed by atoms with van der Waals surface area (Å²) in [6, 6.07) is 1.85. The number of nitrogens with one attached hydrogen (secondary N) is 2. The Morgan fingerprint density at radius 2 is 1.95 bits per heavy atom. The maximum absolute atomic E-state index is 13.6. The number of anilines is 1. The van der Waals surface area contributed by atoms with Crippen molar-refractivity contribution >= 4 is 23.5 Å². The fraction of sp³-hybridized carbons (Fsp3) is 0.308. The van der Waals surface area contributed by atoms with E-state index in [1.165, 1.54) is 14.0 Å². The summed E-state index contributed by atoms with van der Waals surface area (Å²) in [4.78, 5) is 34.0. The molecular weight excluding hydrogens is 299 g/mol. The first-order valence-electron chi connectivity index (χ1n) is 6.09. The molecule has 0 fully saturated rings. The van der Waals surface area contributed by atoms with Crippen LogP contribution in [0.25, 0.3) is 0 Å². The fourth-order valence-electron chi connectivity index (χ4n) is 1.45. The Kier molecular flexibility index (Phi) is 5.96. The average Bonchev–Trinajstić information content (AvgIpc) is 2.48. The van der Waals surface area contributed by atoms with Crippen LogP contribution in [0.1, 0.15) is 15.9 Å². The Bertz CT molecular complexity index is 604. The number of aromatic carboxylic acids is 1. The van der Waals surface area contributed by atoms with Crippen LogP contribution in [0.3, 0.4) is 0 Å². The van der Waals surface area contributed by atoms with Crippen LogP contribution in [-0.2, 0) is 14.3 Å². The summed E-state index contributed by atoms with van der Waals surface area (Å²) in [6.07, 6.45) is -1.27. The highest BCUT2D eigenvalue weighted by Crippen LogP contribution is 2.20. The predicted molar refractivity (Wildman–Crippen MR) is 72.8 cm³/mol. The number of amides is 2. The number of ether oxygens (including phenoxy) is 1. The number of methoxy groups -OCH3 is 1. The van der Waals surface area contributed by atoms with Crippen molar-refractivity contribution in [1.29, 1.82) is 0 Å². The van der Waals surface area contributed by atoms with E-state index in [0.717, 1.165) is 12.1 Å². The molecule has 0 spiro atoms. The highest BCUT2D eigenvalue weighted by molar-refractivity contribution is 6.39. The van der Waals surface area contributed by atoms with Gasteiger partial charge in [-0.15, -0.1) is 0 Å². The van der Waals surface area contributed by atoms with Crippen LogP contribution in [0.15, 0.2) is 12.1 Å². The van der Waals surface area contributed by atoms with E-state index in [0.29, 0.717) is 0 Å². The smallest absolute Gasteiger partial charge is 0.335 e. The zero-order valence-electron chi connectivity index (χ0n) is 11.8. The zero-order chi connectivity index (χ0) is 16.9. The molecule has 22 heavy (non-hydrogen) atoms. The molecule has 0 aliphatic carbocycles. The minimum Gasteiger partial charge on any atom is -0.478 e. The largest absolute Gasteiger partial charge is 0.478 e. The van der Waals surface area contributed by atoms with Crippen molar-refractivity contribution in [2.24, 2.45) is 0 Å². The second-order valence-corrected chi connectivity index (χ2v) is 4.29. The lowest BCUT2D eigenvalue weighted by Crippen LogP contribution is -2.40. The first kappa shape index (κ1) is 17.5. The van der Waals surface area contributed by atoms with Gasteiger partial charge in [0.05, 0.1) is 12.1 Å². The second kappa shape index (κ2) is 7.48. The summed E-state index contributed by atoms with van der Waals surface area (Å²) in [6.45, 7) is 1.01. The maximum atomic E-state index is 13.6. The van der Waals surface area contributed by atoms with Crippen LogP contribution in [0, 0.1) is 12.7 Å². The van der Waals surface area contributed by atoms with Gasteiger partial charge in [0.2, 0.25) is 0 Å². The van der Waals surface area contributed by atoms with Gasteiger partial charge in [-0.2, -0.15) is 0 Å². The highest BCUT2D eigenvalue weighted by Gasteiger charge is 2.18. The van der Waals surface area contributed by atoms with E-state index in [2.05, 4.69) is 15.4 Å². The third kappa shape index (κ3) is 4.50. The Morgan fingerprint density at radius 3 is 2.50 bits per heavy atom. The Morgan fingerprint density at radius 1 is 1.32 bits per heavy atom. The van der Waals surface area contributed by atoms with E-state index in [1.807, 2.05) is 0 Å². The van der Waals surface area contributed by atoms with Gasteiger partial charge in [-0.1, -0.05) is 0 Å². The minimum absolute atomic E-state index is 0.0110. The summed E-state index contributed by atoms with van der Waals surface area (Å²) in [5, 5.41) is 22.1. The molecule has 1 aromatic carbocycles. The molecule has 9 heteroatoms. The fourth-order valence-corrected chi connectivity index (χ4v) is 1.45. The van der Waals surface area contributed by atoms with Gasteiger partial charge < -0.3 is 25.6 Å². The van der Waals surface area contributed by atoms with Crippen LogP contribution >= 0.6 is 0 Å². The van der Waals surface area contributed by atoms with Crippen LogP contribution in [0.2, 0.25) is 0 Å². The molecule has 8 nitrogen and oxygen atoms in total. The number of carbonyl (C=O) groups excluding carboxylic acids is 2. The maximum Gasteiger partial charge on any atom is 0.335 e. The van der Waals surface area contributed by atoms with Crippen molar-refractivity contribution in [1.82, 2.24) is 5.32 Å². The molecule has 0 saturated heterocycles. The first-order valence-corrected chi connectivity index (χ1v) is 6.09. The molecule has 0 bridgehead atoms. The van der Waals surface area contributed by atoms with E-state index in [4.69, 9.17) is 10.2 Å². The van der Waals surface area contributed by atoms with Crippen LogP contribution < -0.4 is 10.6 Å². The van der Waals surface area contributed by atoms with Gasteiger partial charge in [0.25, 0.3) is 0 Å². The van der Waals surface area contributed by atoms with Crippen molar-refractivity contribution in [2.75, 3.05) is 19.0 Å². The van der Waals surface area contributed by atoms with Gasteiger partial charge in [0.15, 0.2) is 6.29 Å². The molecule has 0 aromatic heterocycles. The quantitative estimate of drug-likeness (QED) is 0.442. The third-order valence-corrected chi connectivity index (χ3v) is 2.76. The lowest BCUT2D eigenvalue weighted by Gasteiger charge is -2.12. The number of benzene rings is 1. The molecule has 2 amide bonds. The number of carboxylic acids is 1. The Balaban J connectivity index is 2.83. The van der Waals surface area contributed by atoms with Gasteiger partial charge in [-0.3, -0.25) is 9.59 Å². The van der Waals surface area contributed by atoms with Crippen molar-refractivity contribution in [3.63, 3.8) is 0 Å². The van der Waals surface area contributed by atoms with Crippen LogP contribution in [0.4, 0.5) is 10.1 Å². The molecule has 1 unspecified atom stereocenters. The highest BCUT2D eigenvalue weighted by atomic mass is 19.1. The number of hydrogen-bond acceptors (Lipinski definition) is 5. The van der Waals surface area contributed by atoms with Crippen molar-refractivity contribution < 1.29 is 33.7 Å². The lowest BCUT2D eigenvalue weighted by atomic mass is 10.1. The second-order valence-electron chi connectivity index (χ2n) is 4.29. The Hall–Kier alpha value is -2.52. The molecule has 0 saturated carbocycles. The van der Waals surface area contributed by atoms with E-state index < -0.39 is 29.9 Å². The molecule has 1 atom stereocenters. The summed E-state index contributed by atoms with van der Waals surface area (Å²) >= 11 is 0. The van der Waals surface area contributed by atoms with Crippen molar-refractivity contribution in [3.8, 4) is 0 Å². The number of halogens is 1. The molecule has 0 aliphatic rings. The lowest BCUT2D eigenvalue weighted by molar-refractivity contribution is -0.137. The van der Waals surface area contributed by atoms with E-state index in [9.17, 15) is 18.8 Å². The van der Waals surface area contributed by atoms with E-state index in [1.54, 1.807) is 0 Å². The zero-order valence-corrected chi connectivity index (χ0v) is 11.8. The summed E-state index contributed by atoms with van der Waals surface area (Å²) in [7, 11) is 1.21. The number of hydrogen-bond donors (Lipinski definition) is 4. The van der Waals surface area contributed by atoms with Crippen molar-refractivity contribution in [3.05, 3.63) is 29.1 Å². The SMILES string of the molecule is COC(O)CNC(=O)C(=O)Nc1cc(C(=O)O)cc(F)c1C. The topological polar surface area (TPSA) is 125 Å². The molecule has 120 valence electrons. The summed E-state index contributed by atoms with van der Waals surface area (Å²) < 4.78 is 18.1. The molecule has 1 rings (SSSR count). The molecule has 0 heterocycles. The number of aliphatic hydroxyl groups excluding tert-OH is 1. The minimum atomic E-state index is -1.37. The normalized spacial score (nSPS) is 11.6. The first-order chi connectivity index (χ1) is 10.3. The summed E-state index contributed by atoms with van der Waals surface area (Å²) in [5.74, 6) is -4.42. The third-order valence-electron chi connectivity index (χ3n) is 2.76. The molecule has 4 N–H and O–H groups in total. The van der Waals surface area contributed by atoms with E-state index >= 15 is 0 Å². The van der Waals surface area contributed by atoms with Crippen LogP contribution in [-0.4, -0.2) is 47.9 Å². The standard InChI is InChI=1S/C13H15FN2O6/c1-6-8(14)3-7(13(20)21)4-9(6)16-12(19)11(18)15-5-10(17)22-2/h3-4,10,17H,5H2,1-2H3,(H,15,18)(H,16,19)(H,20,21). The van der Waals surface area contributed by atoms with Gasteiger partial charge in [0, 0.05) is 18.4 Å². The number of carboxylic acid groups (broad SMARTS) is 1. The van der Waals surface area contributed by atoms with Gasteiger partial charge in [-0.05, 0) is 19.1 Å². The molecule has 0 radical (unpaired) electrons. The van der Waals surface area contributed by atoms with Gasteiger partial charge >= 0.3 is 17.8 Å². The van der Waals surface area contributed by atoms with Gasteiger partial charge in [-0.25, -0.2) is 9.18 Å². The summed E-state index contributed by atoms with van der Waals surface area (Å²) in [5.41, 5.74) is -0.512. The average molecular weight is 314 g/mol. The van der Waals surface area contributed by atoms with Crippen LogP contribution in [0.5, 0.6) is 0 Å². The molecular formula is C13H15FN2O6. The Labute approximate surface area is 124 Å². The van der Waals surface area contributed by atoms with Gasteiger partial charge in [0.1, 0.15) is 5.82 Å².